The lowest BCUT2D eigenvalue weighted by Gasteiger charge is -2.08. The van der Waals surface area contributed by atoms with Crippen molar-refractivity contribution in [2.45, 2.75) is 13.1 Å². The molecule has 3 nitrogen and oxygen atoms in total. The third kappa shape index (κ3) is 4.07. The topological polar surface area (TPSA) is 55.1 Å². The highest BCUT2D eigenvalue weighted by Crippen LogP contribution is 2.18. The Kier molecular flexibility index (Phi) is 5.17. The van der Waals surface area contributed by atoms with Crippen molar-refractivity contribution in [3.63, 3.8) is 0 Å². The van der Waals surface area contributed by atoms with Gasteiger partial charge < -0.3 is 11.1 Å². The van der Waals surface area contributed by atoms with Gasteiger partial charge in [-0.15, -0.1) is 0 Å². The summed E-state index contributed by atoms with van der Waals surface area (Å²) in [6, 6.07) is 13.2. The molecule has 2 aromatic carbocycles. The fourth-order valence-electron chi connectivity index (χ4n) is 1.79. The maximum atomic E-state index is 11.0. The van der Waals surface area contributed by atoms with E-state index in [1.165, 1.54) is 5.56 Å². The zero-order valence-electron chi connectivity index (χ0n) is 10.7. The lowest BCUT2D eigenvalue weighted by Crippen LogP contribution is -2.14. The third-order valence-corrected chi connectivity index (χ3v) is 3.78. The van der Waals surface area contributed by atoms with E-state index in [1.54, 1.807) is 12.1 Å². The van der Waals surface area contributed by atoms with Crippen LogP contribution in [0.5, 0.6) is 0 Å². The molecule has 0 fully saturated rings. The van der Waals surface area contributed by atoms with E-state index in [2.05, 4.69) is 33.4 Å². The van der Waals surface area contributed by atoms with Crippen molar-refractivity contribution in [2.24, 2.45) is 5.73 Å². The summed E-state index contributed by atoms with van der Waals surface area (Å²) in [6.45, 7) is 1.38. The van der Waals surface area contributed by atoms with Crippen molar-refractivity contribution >= 4 is 33.4 Å². The van der Waals surface area contributed by atoms with Gasteiger partial charge in [-0.25, -0.2) is 0 Å². The van der Waals surface area contributed by atoms with Gasteiger partial charge in [0.1, 0.15) is 0 Å². The molecule has 2 aromatic rings. The normalized spacial score (nSPS) is 10.5. The Labute approximate surface area is 131 Å². The smallest absolute Gasteiger partial charge is 0.248 e. The summed E-state index contributed by atoms with van der Waals surface area (Å²) in [5.41, 5.74) is 7.76. The van der Waals surface area contributed by atoms with Gasteiger partial charge in [0, 0.05) is 28.1 Å². The van der Waals surface area contributed by atoms with Crippen LogP contribution in [0.15, 0.2) is 46.9 Å². The molecule has 2 rings (SSSR count). The molecule has 0 bridgehead atoms. The van der Waals surface area contributed by atoms with E-state index < -0.39 is 5.91 Å². The van der Waals surface area contributed by atoms with Gasteiger partial charge in [-0.2, -0.15) is 0 Å². The fourth-order valence-corrected chi connectivity index (χ4v) is 2.30. The number of rotatable bonds is 5. The number of carbonyl (C=O) groups excluding carboxylic acids is 1. The van der Waals surface area contributed by atoms with Crippen LogP contribution in [-0.4, -0.2) is 5.91 Å². The average Bonchev–Trinajstić information content (AvgIpc) is 2.42. The number of primary amides is 1. The molecular weight excluding hydrogens is 340 g/mol. The third-order valence-electron chi connectivity index (χ3n) is 2.90. The zero-order valence-corrected chi connectivity index (χ0v) is 13.0. The van der Waals surface area contributed by atoms with Gasteiger partial charge in [0.15, 0.2) is 0 Å². The van der Waals surface area contributed by atoms with Crippen LogP contribution in [0, 0.1) is 0 Å². The highest BCUT2D eigenvalue weighted by Gasteiger charge is 2.05. The van der Waals surface area contributed by atoms with Crippen molar-refractivity contribution in [1.29, 1.82) is 0 Å². The minimum Gasteiger partial charge on any atom is -0.366 e. The molecule has 3 N–H and O–H groups in total. The highest BCUT2D eigenvalue weighted by atomic mass is 79.9. The van der Waals surface area contributed by atoms with Crippen LogP contribution < -0.4 is 11.1 Å². The number of benzene rings is 2. The molecule has 0 aliphatic rings. The number of halogens is 2. The van der Waals surface area contributed by atoms with Gasteiger partial charge in [-0.1, -0.05) is 45.7 Å². The Morgan fingerprint density at radius 1 is 1.15 bits per heavy atom. The quantitative estimate of drug-likeness (QED) is 0.864. The number of nitrogens with two attached hydrogens (primary N) is 1. The molecule has 0 saturated carbocycles. The van der Waals surface area contributed by atoms with Crippen molar-refractivity contribution in [3.05, 3.63) is 68.7 Å². The molecule has 5 heteroatoms. The van der Waals surface area contributed by atoms with Gasteiger partial charge in [-0.3, -0.25) is 4.79 Å². The van der Waals surface area contributed by atoms with Gasteiger partial charge in [0.05, 0.1) is 0 Å². The molecule has 0 aromatic heterocycles. The van der Waals surface area contributed by atoms with Crippen LogP contribution in [0.4, 0.5) is 0 Å². The number of nitrogens with one attached hydrogen (secondary N) is 1. The summed E-state index contributed by atoms with van der Waals surface area (Å²) in [5, 5.41) is 3.86. The van der Waals surface area contributed by atoms with E-state index in [1.807, 2.05) is 18.2 Å². The number of amides is 1. The Balaban J connectivity index is 1.94. The second kappa shape index (κ2) is 6.88. The largest absolute Gasteiger partial charge is 0.366 e. The SMILES string of the molecule is NC(=O)c1ccc(CNCc2ccc(Br)cc2)c(Cl)c1. The molecular formula is C15H14BrClN2O. The molecule has 0 radical (unpaired) electrons. The molecule has 104 valence electrons. The van der Waals surface area contributed by atoms with Crippen LogP contribution in [0.1, 0.15) is 21.5 Å². The molecule has 0 aliphatic heterocycles. The Hall–Kier alpha value is -1.36. The van der Waals surface area contributed by atoms with Crippen molar-refractivity contribution in [1.82, 2.24) is 5.32 Å². The first-order valence-corrected chi connectivity index (χ1v) is 7.27. The van der Waals surface area contributed by atoms with Crippen LogP contribution in [0.25, 0.3) is 0 Å². The molecule has 0 spiro atoms. The van der Waals surface area contributed by atoms with E-state index in [4.69, 9.17) is 17.3 Å². The molecule has 1 amide bonds. The summed E-state index contributed by atoms with van der Waals surface area (Å²) < 4.78 is 1.06. The first-order chi connectivity index (χ1) is 9.56. The first kappa shape index (κ1) is 15.0. The lowest BCUT2D eigenvalue weighted by atomic mass is 10.1. The monoisotopic (exact) mass is 352 g/mol. The molecule has 20 heavy (non-hydrogen) atoms. The molecule has 0 unspecified atom stereocenters. The van der Waals surface area contributed by atoms with Crippen molar-refractivity contribution < 1.29 is 4.79 Å². The zero-order chi connectivity index (χ0) is 14.5. The van der Waals surface area contributed by atoms with Gasteiger partial charge >= 0.3 is 0 Å². The lowest BCUT2D eigenvalue weighted by molar-refractivity contribution is 0.100. The second-order valence-corrected chi connectivity index (χ2v) is 5.72. The number of hydrogen-bond acceptors (Lipinski definition) is 2. The average molecular weight is 354 g/mol. The highest BCUT2D eigenvalue weighted by molar-refractivity contribution is 9.10. The summed E-state index contributed by atoms with van der Waals surface area (Å²) >= 11 is 9.52. The van der Waals surface area contributed by atoms with Crippen LogP contribution in [0.3, 0.4) is 0 Å². The summed E-state index contributed by atoms with van der Waals surface area (Å²) in [4.78, 5) is 11.0. The summed E-state index contributed by atoms with van der Waals surface area (Å²) in [7, 11) is 0. The van der Waals surface area contributed by atoms with Gasteiger partial charge in [-0.05, 0) is 35.4 Å². The Morgan fingerprint density at radius 2 is 1.85 bits per heavy atom. The van der Waals surface area contributed by atoms with Crippen LogP contribution in [-0.2, 0) is 13.1 Å². The standard InChI is InChI=1S/C15H14BrClN2O/c16-13-5-1-10(2-6-13)8-19-9-12-4-3-11(15(18)20)7-14(12)17/h1-7,19H,8-9H2,(H2,18,20). The molecule has 0 atom stereocenters. The number of hydrogen-bond donors (Lipinski definition) is 2. The van der Waals surface area contributed by atoms with E-state index in [0.29, 0.717) is 17.1 Å². The maximum absolute atomic E-state index is 11.0. The minimum absolute atomic E-state index is 0.423. The Bertz CT molecular complexity index is 614. The van der Waals surface area contributed by atoms with Crippen LogP contribution >= 0.6 is 27.5 Å². The fraction of sp³-hybridized carbons (Fsp3) is 0.133. The van der Waals surface area contributed by atoms with Gasteiger partial charge in [0.25, 0.3) is 0 Å². The first-order valence-electron chi connectivity index (χ1n) is 6.09. The number of carbonyl (C=O) groups is 1. The maximum Gasteiger partial charge on any atom is 0.248 e. The van der Waals surface area contributed by atoms with Crippen LogP contribution in [0.2, 0.25) is 5.02 Å². The van der Waals surface area contributed by atoms with Gasteiger partial charge in [0.2, 0.25) is 5.91 Å². The predicted octanol–water partition coefficient (Wildman–Crippen LogP) is 3.49. The minimum atomic E-state index is -0.471. The summed E-state index contributed by atoms with van der Waals surface area (Å²) in [6.07, 6.45) is 0. The second-order valence-electron chi connectivity index (χ2n) is 4.40. The molecule has 0 saturated heterocycles. The summed E-state index contributed by atoms with van der Waals surface area (Å²) in [5.74, 6) is -0.471. The van der Waals surface area contributed by atoms with E-state index in [9.17, 15) is 4.79 Å². The molecule has 0 aliphatic carbocycles. The van der Waals surface area contributed by atoms with E-state index >= 15 is 0 Å². The molecule has 0 heterocycles. The predicted molar refractivity (Wildman–Crippen MR) is 84.7 cm³/mol. The van der Waals surface area contributed by atoms with Crippen molar-refractivity contribution in [2.75, 3.05) is 0 Å². The van der Waals surface area contributed by atoms with E-state index in [-0.39, 0.29) is 0 Å². The van der Waals surface area contributed by atoms with E-state index in [0.717, 1.165) is 16.6 Å². The Morgan fingerprint density at radius 3 is 2.45 bits per heavy atom. The van der Waals surface area contributed by atoms with Crippen molar-refractivity contribution in [3.8, 4) is 0 Å².